The highest BCUT2D eigenvalue weighted by Gasteiger charge is 2.21. The summed E-state index contributed by atoms with van der Waals surface area (Å²) < 4.78 is 16.6. The summed E-state index contributed by atoms with van der Waals surface area (Å²) >= 11 is 0. The van der Waals surface area contributed by atoms with Gasteiger partial charge in [-0.3, -0.25) is 0 Å². The molecule has 0 saturated heterocycles. The van der Waals surface area contributed by atoms with Crippen molar-refractivity contribution in [3.63, 3.8) is 0 Å². The molecular formula is C89H71N9O3. The Hall–Kier alpha value is -13.3. The third-order valence-corrected chi connectivity index (χ3v) is 17.1. The highest BCUT2D eigenvalue weighted by atomic mass is 16.5. The molecule has 490 valence electrons. The van der Waals surface area contributed by atoms with Crippen molar-refractivity contribution < 1.29 is 13.6 Å². The van der Waals surface area contributed by atoms with Crippen LogP contribution in [-0.4, -0.2) is 30.4 Å². The first-order valence-electron chi connectivity index (χ1n) is 33.5. The molecule has 0 radical (unpaired) electrons. The predicted octanol–water partition coefficient (Wildman–Crippen LogP) is 23.9. The molecule has 0 unspecified atom stereocenters. The van der Waals surface area contributed by atoms with Gasteiger partial charge in [-0.1, -0.05) is 254 Å². The zero-order valence-electron chi connectivity index (χ0n) is 56.3. The van der Waals surface area contributed by atoms with E-state index in [1.54, 1.807) is 0 Å². The van der Waals surface area contributed by atoms with Crippen molar-refractivity contribution in [2.75, 3.05) is 14.7 Å². The Morgan fingerprint density at radius 2 is 0.426 bits per heavy atom. The van der Waals surface area contributed by atoms with Crippen LogP contribution in [0, 0.1) is 6.92 Å². The summed E-state index contributed by atoms with van der Waals surface area (Å²) in [6, 6.07) is 122. The fourth-order valence-corrected chi connectivity index (χ4v) is 11.7. The summed E-state index contributed by atoms with van der Waals surface area (Å²) in [5.41, 5.74) is 20.2. The lowest BCUT2D eigenvalue weighted by Crippen LogP contribution is -2.13. The number of para-hydroxylation sites is 3. The Morgan fingerprint density at radius 3 is 0.693 bits per heavy atom. The number of aryl methyl sites for hydroxylation is 1. The van der Waals surface area contributed by atoms with Gasteiger partial charge in [0.2, 0.25) is 17.5 Å². The number of hydrogen-bond donors (Lipinski definition) is 0. The van der Waals surface area contributed by atoms with E-state index in [0.717, 1.165) is 84.6 Å². The van der Waals surface area contributed by atoms with E-state index in [1.807, 2.05) is 152 Å². The monoisotopic (exact) mass is 1310 g/mol. The number of benzene rings is 13. The van der Waals surface area contributed by atoms with E-state index in [-0.39, 0.29) is 5.41 Å². The summed E-state index contributed by atoms with van der Waals surface area (Å²) in [5, 5.41) is 12.4. The Balaban J connectivity index is 0.000000129. The lowest BCUT2D eigenvalue weighted by Gasteiger charge is -2.27. The van der Waals surface area contributed by atoms with Crippen molar-refractivity contribution in [3.8, 4) is 79.7 Å². The molecule has 0 atom stereocenters. The molecule has 0 aliphatic carbocycles. The second-order valence-corrected chi connectivity index (χ2v) is 25.1. The number of hydrogen-bond acceptors (Lipinski definition) is 12. The SMILES string of the molecule is CC(C)(C)c1ccc(N(c2ccccc2)c2ccc(-c3nc(-c4ccccc4)no3)cc2)cc1.Cc1ccc(N(c2ccccc2)c2ccc(-c3nc(-c4ccccc4)no3)cc2)cc1.c1ccc(-c2ccc(N(c3ccccc3)c3ccc(-c4nc(-c5ccccc5)no4)cc3)cc2)cc1. The third-order valence-electron chi connectivity index (χ3n) is 17.1. The molecule has 0 saturated carbocycles. The molecule has 12 nitrogen and oxygen atoms in total. The van der Waals surface area contributed by atoms with Crippen molar-refractivity contribution >= 4 is 51.2 Å². The van der Waals surface area contributed by atoms with Crippen LogP contribution in [0.1, 0.15) is 31.9 Å². The summed E-state index contributed by atoms with van der Waals surface area (Å²) in [7, 11) is 0. The Morgan fingerprint density at radius 1 is 0.218 bits per heavy atom. The molecule has 16 aromatic rings. The first-order chi connectivity index (χ1) is 49.6. The van der Waals surface area contributed by atoms with Crippen LogP contribution in [0.5, 0.6) is 0 Å². The fraction of sp³-hybridized carbons (Fsp3) is 0.0562. The second kappa shape index (κ2) is 30.4. The first kappa shape index (κ1) is 65.0. The van der Waals surface area contributed by atoms with E-state index in [2.05, 4.69) is 279 Å². The molecule has 0 spiro atoms. The van der Waals surface area contributed by atoms with Gasteiger partial charge >= 0.3 is 0 Å². The van der Waals surface area contributed by atoms with Gasteiger partial charge in [0.15, 0.2) is 0 Å². The second-order valence-electron chi connectivity index (χ2n) is 25.1. The van der Waals surface area contributed by atoms with Gasteiger partial charge in [-0.15, -0.1) is 0 Å². The van der Waals surface area contributed by atoms with Crippen molar-refractivity contribution in [1.29, 1.82) is 0 Å². The molecule has 12 heteroatoms. The summed E-state index contributed by atoms with van der Waals surface area (Å²) in [5.74, 6) is 3.27. The maximum absolute atomic E-state index is 5.56. The quantitative estimate of drug-likeness (QED) is 0.0914. The van der Waals surface area contributed by atoms with Gasteiger partial charge in [0, 0.05) is 84.6 Å². The Labute approximate surface area is 588 Å². The van der Waals surface area contributed by atoms with Gasteiger partial charge in [-0.05, 0) is 175 Å². The highest BCUT2D eigenvalue weighted by Crippen LogP contribution is 2.40. The molecular weight excluding hydrogens is 1240 g/mol. The molecule has 0 aliphatic rings. The maximum Gasteiger partial charge on any atom is 0.258 e. The average Bonchev–Trinajstić information content (AvgIpc) is 1.58. The average molecular weight is 1310 g/mol. The van der Waals surface area contributed by atoms with Crippen LogP contribution < -0.4 is 14.7 Å². The van der Waals surface area contributed by atoms with E-state index in [4.69, 9.17) is 13.6 Å². The minimum atomic E-state index is 0.112. The minimum absolute atomic E-state index is 0.112. The van der Waals surface area contributed by atoms with Crippen LogP contribution in [0.3, 0.4) is 0 Å². The molecule has 0 aliphatic heterocycles. The number of nitrogens with zero attached hydrogens (tertiary/aromatic N) is 9. The molecule has 16 rings (SSSR count). The Kier molecular flexibility index (Phi) is 19.6. The van der Waals surface area contributed by atoms with Gasteiger partial charge in [0.25, 0.3) is 17.7 Å². The van der Waals surface area contributed by atoms with Crippen LogP contribution in [0.2, 0.25) is 0 Å². The van der Waals surface area contributed by atoms with Crippen LogP contribution >= 0.6 is 0 Å². The van der Waals surface area contributed by atoms with Crippen molar-refractivity contribution in [2.24, 2.45) is 0 Å². The summed E-state index contributed by atoms with van der Waals surface area (Å²) in [6.45, 7) is 8.79. The van der Waals surface area contributed by atoms with E-state index in [9.17, 15) is 0 Å². The Bertz CT molecular complexity index is 5210. The maximum atomic E-state index is 5.56. The molecule has 3 heterocycles. The summed E-state index contributed by atoms with van der Waals surface area (Å²) in [6.07, 6.45) is 0. The normalized spacial score (nSPS) is 11.0. The fourth-order valence-electron chi connectivity index (χ4n) is 11.7. The van der Waals surface area contributed by atoms with Gasteiger partial charge in [-0.25, -0.2) is 0 Å². The lowest BCUT2D eigenvalue weighted by atomic mass is 9.87. The lowest BCUT2D eigenvalue weighted by molar-refractivity contribution is 0.432. The molecule has 0 N–H and O–H groups in total. The molecule has 13 aromatic carbocycles. The van der Waals surface area contributed by atoms with Crippen molar-refractivity contribution in [3.05, 3.63) is 369 Å². The predicted molar refractivity (Wildman–Crippen MR) is 408 cm³/mol. The van der Waals surface area contributed by atoms with Gasteiger partial charge in [0.1, 0.15) is 0 Å². The first-order valence-corrected chi connectivity index (χ1v) is 33.5. The van der Waals surface area contributed by atoms with E-state index in [0.29, 0.717) is 35.1 Å². The molecule has 0 bridgehead atoms. The minimum Gasteiger partial charge on any atom is -0.334 e. The van der Waals surface area contributed by atoms with Crippen LogP contribution in [0.15, 0.2) is 371 Å². The van der Waals surface area contributed by atoms with Crippen LogP contribution in [0.4, 0.5) is 51.2 Å². The standard InChI is InChI=1S/C32H23N3O.C30H27N3O.C27H21N3O/c1-4-10-24(11-5-1)25-16-20-29(21-17-25)35(28-14-8-3-9-15-28)30-22-18-27(19-23-30)32-33-31(34-36-32)26-12-6-2-7-13-26;1-30(2,3)24-16-20-27(21-17-24)33(25-12-8-5-9-13-25)26-18-14-23(15-19-26)29-31-28(32-34-29)22-10-6-4-7-11-22;1-20-12-16-24(17-13-20)30(23-10-6-3-7-11-23)25-18-14-22(15-19-25)27-28-26(29-31-27)21-8-4-2-5-9-21/h1-23H;4-21H,1-3H3;2-19H,1H3. The number of rotatable bonds is 16. The summed E-state index contributed by atoms with van der Waals surface area (Å²) in [4.78, 5) is 20.4. The molecule has 3 aromatic heterocycles. The third kappa shape index (κ3) is 15.6. The van der Waals surface area contributed by atoms with Gasteiger partial charge in [0.05, 0.1) is 0 Å². The highest BCUT2D eigenvalue weighted by molar-refractivity contribution is 5.82. The zero-order valence-corrected chi connectivity index (χ0v) is 56.3. The van der Waals surface area contributed by atoms with Crippen molar-refractivity contribution in [2.45, 2.75) is 33.1 Å². The number of aromatic nitrogens is 6. The van der Waals surface area contributed by atoms with Gasteiger partial charge < -0.3 is 28.3 Å². The van der Waals surface area contributed by atoms with Crippen LogP contribution in [0.25, 0.3) is 79.7 Å². The molecule has 101 heavy (non-hydrogen) atoms. The smallest absolute Gasteiger partial charge is 0.258 e. The topological polar surface area (TPSA) is 126 Å². The van der Waals surface area contributed by atoms with Crippen LogP contribution in [-0.2, 0) is 5.41 Å². The van der Waals surface area contributed by atoms with E-state index < -0.39 is 0 Å². The zero-order chi connectivity index (χ0) is 68.7. The largest absolute Gasteiger partial charge is 0.334 e. The number of anilines is 9. The van der Waals surface area contributed by atoms with Crippen molar-refractivity contribution in [1.82, 2.24) is 30.4 Å². The van der Waals surface area contributed by atoms with Gasteiger partial charge in [-0.2, -0.15) is 15.0 Å². The van der Waals surface area contributed by atoms with E-state index >= 15 is 0 Å². The van der Waals surface area contributed by atoms with E-state index in [1.165, 1.54) is 22.3 Å². The molecule has 0 fully saturated rings. The molecule has 0 amide bonds.